The minimum absolute atomic E-state index is 0.0169. The maximum Gasteiger partial charge on any atom is 0.253 e. The van der Waals surface area contributed by atoms with E-state index in [9.17, 15) is 4.79 Å². The van der Waals surface area contributed by atoms with Crippen molar-refractivity contribution in [2.45, 2.75) is 44.8 Å². The van der Waals surface area contributed by atoms with Gasteiger partial charge >= 0.3 is 0 Å². The van der Waals surface area contributed by atoms with Gasteiger partial charge < -0.3 is 15.0 Å². The smallest absolute Gasteiger partial charge is 0.253 e. The molecule has 1 aliphatic heterocycles. The average Bonchev–Trinajstić information content (AvgIpc) is 3.48. The van der Waals surface area contributed by atoms with Crippen LogP contribution in [0, 0.1) is 6.92 Å². The number of rotatable bonds is 5. The molecule has 0 spiro atoms. The van der Waals surface area contributed by atoms with Crippen LogP contribution in [0.4, 0.5) is 5.82 Å². The quantitative estimate of drug-likeness (QED) is 0.898. The Hall–Kier alpha value is -2.56. The third-order valence-electron chi connectivity index (χ3n) is 5.01. The van der Waals surface area contributed by atoms with Crippen LogP contribution in [0.3, 0.4) is 0 Å². The van der Waals surface area contributed by atoms with E-state index in [0.29, 0.717) is 11.6 Å². The lowest BCUT2D eigenvalue weighted by Crippen LogP contribution is -2.38. The monoisotopic (exact) mass is 351 g/mol. The number of anilines is 1. The van der Waals surface area contributed by atoms with Gasteiger partial charge in [0.25, 0.3) is 5.91 Å². The molecule has 0 unspecified atom stereocenters. The highest BCUT2D eigenvalue weighted by Gasteiger charge is 2.24. The van der Waals surface area contributed by atoms with Crippen molar-refractivity contribution in [1.82, 2.24) is 10.3 Å². The normalized spacial score (nSPS) is 17.8. The summed E-state index contributed by atoms with van der Waals surface area (Å²) < 4.78 is 6.09. The summed E-state index contributed by atoms with van der Waals surface area (Å²) >= 11 is 0. The van der Waals surface area contributed by atoms with Crippen LogP contribution in [0.25, 0.3) is 0 Å². The van der Waals surface area contributed by atoms with E-state index in [1.807, 2.05) is 24.3 Å². The zero-order chi connectivity index (χ0) is 17.9. The van der Waals surface area contributed by atoms with Gasteiger partial charge in [-0.2, -0.15) is 0 Å². The first-order chi connectivity index (χ1) is 12.7. The molecule has 1 saturated carbocycles. The van der Waals surface area contributed by atoms with Gasteiger partial charge in [-0.3, -0.25) is 4.79 Å². The highest BCUT2D eigenvalue weighted by atomic mass is 16.5. The van der Waals surface area contributed by atoms with E-state index in [2.05, 4.69) is 34.3 Å². The van der Waals surface area contributed by atoms with Crippen LogP contribution in [0.5, 0.6) is 5.75 Å². The Bertz CT molecular complexity index is 746. The largest absolute Gasteiger partial charge is 0.490 e. The van der Waals surface area contributed by atoms with Gasteiger partial charge in [0.05, 0.1) is 5.56 Å². The molecule has 1 saturated heterocycles. The summed E-state index contributed by atoms with van der Waals surface area (Å²) in [5.74, 6) is 1.86. The van der Waals surface area contributed by atoms with Gasteiger partial charge in [0.15, 0.2) is 0 Å². The molecule has 2 aromatic rings. The van der Waals surface area contributed by atoms with Crippen LogP contribution >= 0.6 is 0 Å². The summed E-state index contributed by atoms with van der Waals surface area (Å²) in [7, 11) is 0. The lowest BCUT2D eigenvalue weighted by atomic mass is 10.1. The highest BCUT2D eigenvalue weighted by molar-refractivity contribution is 5.94. The number of pyridine rings is 1. The molecule has 1 aromatic carbocycles. The van der Waals surface area contributed by atoms with Crippen LogP contribution in [-0.2, 0) is 0 Å². The van der Waals surface area contributed by atoms with Gasteiger partial charge in [0, 0.05) is 38.2 Å². The summed E-state index contributed by atoms with van der Waals surface area (Å²) in [5.41, 5.74) is 1.88. The highest BCUT2D eigenvalue weighted by Crippen LogP contribution is 2.23. The number of benzene rings is 1. The number of carbonyl (C=O) groups excluding carboxylic acids is 1. The Balaban J connectivity index is 1.29. The van der Waals surface area contributed by atoms with Gasteiger partial charge in [0.2, 0.25) is 0 Å². The molecule has 4 rings (SSSR count). The van der Waals surface area contributed by atoms with E-state index in [4.69, 9.17) is 4.74 Å². The average molecular weight is 351 g/mol. The summed E-state index contributed by atoms with van der Waals surface area (Å²) in [6, 6.07) is 12.4. The van der Waals surface area contributed by atoms with Crippen molar-refractivity contribution < 1.29 is 9.53 Å². The number of hydrogen-bond donors (Lipinski definition) is 1. The minimum Gasteiger partial charge on any atom is -0.490 e. The Morgan fingerprint density at radius 1 is 1.08 bits per heavy atom. The predicted octanol–water partition coefficient (Wildman–Crippen LogP) is 3.33. The van der Waals surface area contributed by atoms with Gasteiger partial charge in [-0.1, -0.05) is 17.7 Å². The van der Waals surface area contributed by atoms with E-state index in [-0.39, 0.29) is 12.0 Å². The fourth-order valence-electron chi connectivity index (χ4n) is 3.22. The molecule has 1 N–H and O–H groups in total. The number of aryl methyl sites for hydroxylation is 1. The fraction of sp³-hybridized carbons (Fsp3) is 0.429. The van der Waals surface area contributed by atoms with Crippen molar-refractivity contribution in [3.05, 3.63) is 53.7 Å². The number of hydrogen-bond acceptors (Lipinski definition) is 4. The number of amides is 1. The zero-order valence-corrected chi connectivity index (χ0v) is 15.1. The fourth-order valence-corrected chi connectivity index (χ4v) is 3.22. The van der Waals surface area contributed by atoms with Crippen LogP contribution < -0.4 is 15.0 Å². The molecule has 2 aliphatic rings. The Morgan fingerprint density at radius 3 is 2.42 bits per heavy atom. The molecule has 2 heterocycles. The van der Waals surface area contributed by atoms with Crippen LogP contribution in [0.1, 0.15) is 41.6 Å². The molecular weight excluding hydrogens is 326 g/mol. The van der Waals surface area contributed by atoms with Crippen molar-refractivity contribution in [3.63, 3.8) is 0 Å². The third kappa shape index (κ3) is 4.15. The molecule has 136 valence electrons. The minimum atomic E-state index is -0.0169. The topological polar surface area (TPSA) is 54.5 Å². The lowest BCUT2D eigenvalue weighted by molar-refractivity contribution is 0.0950. The van der Waals surface area contributed by atoms with Crippen molar-refractivity contribution in [2.24, 2.45) is 0 Å². The van der Waals surface area contributed by atoms with Crippen LogP contribution in [0.2, 0.25) is 0 Å². The van der Waals surface area contributed by atoms with Crippen LogP contribution in [0.15, 0.2) is 42.6 Å². The molecule has 2 fully saturated rings. The molecule has 5 nitrogen and oxygen atoms in total. The number of carbonyl (C=O) groups is 1. The SMILES string of the molecule is Cc1ccc(OC2CCN(c3ccc(C(=O)NC4CC4)cn3)CC2)cc1. The Kier molecular flexibility index (Phi) is 4.78. The first-order valence-electron chi connectivity index (χ1n) is 9.42. The van der Waals surface area contributed by atoms with Gasteiger partial charge in [0.1, 0.15) is 17.7 Å². The van der Waals surface area contributed by atoms with E-state index in [1.165, 1.54) is 5.56 Å². The molecule has 26 heavy (non-hydrogen) atoms. The predicted molar refractivity (Wildman–Crippen MR) is 102 cm³/mol. The number of piperidine rings is 1. The van der Waals surface area contributed by atoms with Crippen molar-refractivity contribution >= 4 is 11.7 Å². The maximum absolute atomic E-state index is 12.0. The first-order valence-corrected chi connectivity index (χ1v) is 9.42. The van der Waals surface area contributed by atoms with E-state index >= 15 is 0 Å². The Morgan fingerprint density at radius 2 is 1.81 bits per heavy atom. The Labute approximate surface area is 154 Å². The molecule has 0 radical (unpaired) electrons. The van der Waals surface area contributed by atoms with Crippen molar-refractivity contribution in [2.75, 3.05) is 18.0 Å². The van der Waals surface area contributed by atoms with Gasteiger partial charge in [-0.05, 0) is 44.0 Å². The maximum atomic E-state index is 12.0. The molecule has 1 aromatic heterocycles. The second-order valence-electron chi connectivity index (χ2n) is 7.27. The molecule has 0 atom stereocenters. The number of ether oxygens (including phenoxy) is 1. The van der Waals surface area contributed by atoms with Gasteiger partial charge in [-0.15, -0.1) is 0 Å². The number of nitrogens with zero attached hydrogens (tertiary/aromatic N) is 2. The van der Waals surface area contributed by atoms with Crippen molar-refractivity contribution in [3.8, 4) is 5.75 Å². The van der Waals surface area contributed by atoms with Crippen molar-refractivity contribution in [1.29, 1.82) is 0 Å². The summed E-state index contributed by atoms with van der Waals surface area (Å²) in [6.07, 6.45) is 6.06. The van der Waals surface area contributed by atoms with Crippen LogP contribution in [-0.4, -0.2) is 36.1 Å². The summed E-state index contributed by atoms with van der Waals surface area (Å²) in [5, 5.41) is 2.99. The lowest BCUT2D eigenvalue weighted by Gasteiger charge is -2.33. The standard InChI is InChI=1S/C21H25N3O2/c1-15-2-7-18(8-3-15)26-19-10-12-24(13-11-19)20-9-4-16(14-22-20)21(25)23-17-5-6-17/h2-4,7-9,14,17,19H,5-6,10-13H2,1H3,(H,23,25). The molecule has 5 heteroatoms. The summed E-state index contributed by atoms with van der Waals surface area (Å²) in [4.78, 5) is 18.8. The molecule has 0 bridgehead atoms. The zero-order valence-electron chi connectivity index (χ0n) is 15.1. The van der Waals surface area contributed by atoms with Gasteiger partial charge in [-0.25, -0.2) is 4.98 Å². The number of aromatic nitrogens is 1. The third-order valence-corrected chi connectivity index (χ3v) is 5.01. The van der Waals surface area contributed by atoms with E-state index in [0.717, 1.165) is 50.3 Å². The second-order valence-corrected chi connectivity index (χ2v) is 7.27. The second kappa shape index (κ2) is 7.36. The van der Waals surface area contributed by atoms with E-state index in [1.54, 1.807) is 6.20 Å². The molecule has 1 aliphatic carbocycles. The van der Waals surface area contributed by atoms with E-state index < -0.39 is 0 Å². The first kappa shape index (κ1) is 16.9. The summed E-state index contributed by atoms with van der Waals surface area (Å²) in [6.45, 7) is 3.91. The molecular formula is C21H25N3O2. The number of nitrogens with one attached hydrogen (secondary N) is 1. The molecule has 1 amide bonds.